The van der Waals surface area contributed by atoms with Crippen molar-refractivity contribution in [3.05, 3.63) is 30.8 Å². The number of fused-ring (bicyclic) bond motifs is 2. The zero-order valence-electron chi connectivity index (χ0n) is 23.7. The summed E-state index contributed by atoms with van der Waals surface area (Å²) in [5.74, 6) is 1.45. The standard InChI is InChI=1S/C30H38Br2N4S4/c1-5-9-11-17(7-3)13-19-15-21(37-29(19)31)23-25-27(35-39-33-25)24(28-26(23)34-40-36-28)22-16-20(30(32)38-22)14-18(8-4)12-10-6-2/h15-18,33,35H,5-14H2,1-4H3. The summed E-state index contributed by atoms with van der Waals surface area (Å²) in [7, 11) is 0. The molecule has 3 aromatic heterocycles. The van der Waals surface area contributed by atoms with Gasteiger partial charge < -0.3 is 9.44 Å². The molecule has 4 aromatic rings. The minimum Gasteiger partial charge on any atom is -0.309 e. The second-order valence-corrected chi connectivity index (χ2v) is 16.7. The average Bonchev–Trinajstić information content (AvgIpc) is 3.75. The Balaban J connectivity index is 1.54. The molecule has 0 bridgehead atoms. The Kier molecular flexibility index (Phi) is 10.9. The summed E-state index contributed by atoms with van der Waals surface area (Å²) in [6.07, 6.45) is 12.4. The van der Waals surface area contributed by atoms with Gasteiger partial charge in [-0.1, -0.05) is 79.1 Å². The Hall–Kier alpha value is -0.650. The fraction of sp³-hybridized carbons (Fsp3) is 0.533. The van der Waals surface area contributed by atoms with Crippen LogP contribution in [0.3, 0.4) is 0 Å². The lowest BCUT2D eigenvalue weighted by Crippen LogP contribution is -2.03. The van der Waals surface area contributed by atoms with Gasteiger partial charge in [0.15, 0.2) is 0 Å². The van der Waals surface area contributed by atoms with Crippen molar-refractivity contribution in [3.8, 4) is 20.9 Å². The van der Waals surface area contributed by atoms with Gasteiger partial charge in [0.05, 0.1) is 42.8 Å². The molecule has 0 spiro atoms. The van der Waals surface area contributed by atoms with E-state index in [2.05, 4.69) is 81.1 Å². The molecule has 0 fully saturated rings. The van der Waals surface area contributed by atoms with E-state index in [1.54, 1.807) is 0 Å². The Morgan fingerprint density at radius 3 is 1.57 bits per heavy atom. The van der Waals surface area contributed by atoms with E-state index in [0.29, 0.717) is 0 Å². The highest BCUT2D eigenvalue weighted by Gasteiger charge is 2.30. The number of rotatable bonds is 14. The molecule has 216 valence electrons. The third-order valence-corrected chi connectivity index (χ3v) is 13.2. The van der Waals surface area contributed by atoms with Gasteiger partial charge in [-0.2, -0.15) is 8.75 Å². The molecule has 0 aliphatic carbocycles. The molecular formula is C30H38Br2N4S4. The number of thiophene rings is 2. The molecule has 0 saturated heterocycles. The van der Waals surface area contributed by atoms with Gasteiger partial charge in [0.1, 0.15) is 11.0 Å². The topological polar surface area (TPSA) is 49.8 Å². The lowest BCUT2D eigenvalue weighted by atomic mass is 9.92. The van der Waals surface area contributed by atoms with Crippen LogP contribution in [0.1, 0.15) is 90.2 Å². The molecule has 2 atom stereocenters. The van der Waals surface area contributed by atoms with Gasteiger partial charge in [-0.05, 0) is 79.8 Å². The van der Waals surface area contributed by atoms with Crippen molar-refractivity contribution in [1.29, 1.82) is 0 Å². The quantitative estimate of drug-likeness (QED) is 0.126. The van der Waals surface area contributed by atoms with Crippen LogP contribution in [0.2, 0.25) is 0 Å². The van der Waals surface area contributed by atoms with E-state index in [0.717, 1.165) is 47.1 Å². The van der Waals surface area contributed by atoms with Crippen molar-refractivity contribution >= 4 is 101 Å². The second-order valence-electron chi connectivity index (χ2n) is 10.8. The molecule has 0 saturated carbocycles. The predicted octanol–water partition coefficient (Wildman–Crippen LogP) is 12.6. The first-order valence-electron chi connectivity index (χ1n) is 14.6. The highest BCUT2D eigenvalue weighted by atomic mass is 79.9. The zero-order chi connectivity index (χ0) is 28.2. The van der Waals surface area contributed by atoms with Crippen LogP contribution < -0.4 is 9.44 Å². The third-order valence-electron chi connectivity index (χ3n) is 8.13. The van der Waals surface area contributed by atoms with E-state index in [9.17, 15) is 0 Å². The Bertz CT molecular complexity index is 1340. The summed E-state index contributed by atoms with van der Waals surface area (Å²) in [6, 6.07) is 4.78. The molecule has 10 heteroatoms. The van der Waals surface area contributed by atoms with Crippen LogP contribution in [0.5, 0.6) is 0 Å². The molecular weight excluding hydrogens is 704 g/mol. The molecule has 0 radical (unpaired) electrons. The van der Waals surface area contributed by atoms with Gasteiger partial charge in [0, 0.05) is 20.9 Å². The van der Waals surface area contributed by atoms with Crippen LogP contribution in [0.25, 0.3) is 31.9 Å². The summed E-state index contributed by atoms with van der Waals surface area (Å²) in [5.41, 5.74) is 9.40. The highest BCUT2D eigenvalue weighted by Crippen LogP contribution is 2.55. The summed E-state index contributed by atoms with van der Waals surface area (Å²) < 4.78 is 19.4. The first-order valence-corrected chi connectivity index (χ1v) is 19.3. The maximum absolute atomic E-state index is 4.88. The fourth-order valence-electron chi connectivity index (χ4n) is 5.66. The number of aromatic nitrogens is 2. The zero-order valence-corrected chi connectivity index (χ0v) is 30.1. The number of nitrogens with zero attached hydrogens (tertiary/aromatic N) is 2. The number of hydrogen-bond donors (Lipinski definition) is 2. The van der Waals surface area contributed by atoms with E-state index in [-0.39, 0.29) is 0 Å². The van der Waals surface area contributed by atoms with E-state index in [1.165, 1.54) is 115 Å². The summed E-state index contributed by atoms with van der Waals surface area (Å²) in [6.45, 7) is 9.22. The van der Waals surface area contributed by atoms with E-state index >= 15 is 0 Å². The molecule has 4 nitrogen and oxygen atoms in total. The van der Waals surface area contributed by atoms with Crippen molar-refractivity contribution < 1.29 is 0 Å². The van der Waals surface area contributed by atoms with Gasteiger partial charge in [-0.15, -0.1) is 22.7 Å². The fourth-order valence-corrected chi connectivity index (χ4v) is 10.4. The number of hydrogen-bond acceptors (Lipinski definition) is 8. The molecule has 2 N–H and O–H groups in total. The highest BCUT2D eigenvalue weighted by molar-refractivity contribution is 9.11. The number of nitrogens with one attached hydrogen (secondary N) is 2. The van der Waals surface area contributed by atoms with Crippen LogP contribution in [0, 0.1) is 11.8 Å². The number of benzene rings is 1. The monoisotopic (exact) mass is 740 g/mol. The van der Waals surface area contributed by atoms with Crippen LogP contribution in [0.15, 0.2) is 19.7 Å². The van der Waals surface area contributed by atoms with Gasteiger partial charge >= 0.3 is 0 Å². The maximum atomic E-state index is 4.88. The Labute approximate surface area is 272 Å². The number of unbranched alkanes of at least 4 members (excludes halogenated alkanes) is 2. The molecule has 4 heterocycles. The van der Waals surface area contributed by atoms with Crippen LogP contribution in [-0.2, 0) is 12.8 Å². The van der Waals surface area contributed by atoms with E-state index in [4.69, 9.17) is 8.75 Å². The van der Waals surface area contributed by atoms with Gasteiger partial charge in [0.25, 0.3) is 0 Å². The van der Waals surface area contributed by atoms with Crippen molar-refractivity contribution in [2.45, 2.75) is 91.9 Å². The lowest BCUT2D eigenvalue weighted by Gasteiger charge is -2.14. The average molecular weight is 743 g/mol. The Morgan fingerprint density at radius 1 is 0.725 bits per heavy atom. The third kappa shape index (κ3) is 6.47. The largest absolute Gasteiger partial charge is 0.309 e. The normalized spacial score (nSPS) is 14.3. The SMILES string of the molecule is CCCCC(CC)Cc1cc(-c2c3c(c(-c4cc(CC(CC)CCCC)c(Br)s4)c4nsnc24)NSN3)sc1Br. The molecule has 0 amide bonds. The summed E-state index contributed by atoms with van der Waals surface area (Å²) >= 11 is 14.3. The Morgan fingerprint density at radius 2 is 1.18 bits per heavy atom. The second kappa shape index (κ2) is 14.2. The molecule has 1 aliphatic rings. The van der Waals surface area contributed by atoms with Crippen molar-refractivity contribution in [1.82, 2.24) is 8.75 Å². The molecule has 40 heavy (non-hydrogen) atoms. The van der Waals surface area contributed by atoms with Crippen LogP contribution >= 0.6 is 78.4 Å². The first-order chi connectivity index (χ1) is 19.5. The lowest BCUT2D eigenvalue weighted by molar-refractivity contribution is 0.449. The molecule has 1 aliphatic heterocycles. The van der Waals surface area contributed by atoms with Crippen LogP contribution in [-0.4, -0.2) is 8.75 Å². The smallest absolute Gasteiger partial charge is 0.116 e. The minimum atomic E-state index is 0.726. The first kappa shape index (κ1) is 30.8. The number of anilines is 2. The van der Waals surface area contributed by atoms with Crippen LogP contribution in [0.4, 0.5) is 11.4 Å². The van der Waals surface area contributed by atoms with Gasteiger partial charge in [-0.3, -0.25) is 0 Å². The van der Waals surface area contributed by atoms with E-state index in [1.807, 2.05) is 22.7 Å². The van der Waals surface area contributed by atoms with Gasteiger partial charge in [-0.25, -0.2) is 0 Å². The predicted molar refractivity (Wildman–Crippen MR) is 188 cm³/mol. The minimum absolute atomic E-state index is 0.726. The molecule has 2 unspecified atom stereocenters. The van der Waals surface area contributed by atoms with Crippen molar-refractivity contribution in [2.24, 2.45) is 11.8 Å². The maximum Gasteiger partial charge on any atom is 0.116 e. The summed E-state index contributed by atoms with van der Waals surface area (Å²) in [4.78, 5) is 2.50. The number of halogens is 2. The van der Waals surface area contributed by atoms with Gasteiger partial charge in [0.2, 0.25) is 0 Å². The van der Waals surface area contributed by atoms with Crippen molar-refractivity contribution in [2.75, 3.05) is 9.44 Å². The van der Waals surface area contributed by atoms with Crippen molar-refractivity contribution in [3.63, 3.8) is 0 Å². The molecule has 5 rings (SSSR count). The summed E-state index contributed by atoms with van der Waals surface area (Å²) in [5, 5.41) is 0. The van der Waals surface area contributed by atoms with E-state index < -0.39 is 0 Å². The molecule has 1 aromatic carbocycles.